The average Bonchev–Trinajstić information content (AvgIpc) is 2.45. The highest BCUT2D eigenvalue weighted by atomic mass is 16.5. The van der Waals surface area contributed by atoms with Gasteiger partial charge in [0.2, 0.25) is 11.8 Å². The van der Waals surface area contributed by atoms with Gasteiger partial charge in [-0.2, -0.15) is 0 Å². The lowest BCUT2D eigenvalue weighted by Crippen LogP contribution is -2.33. The molecule has 1 rings (SSSR count). The van der Waals surface area contributed by atoms with E-state index in [4.69, 9.17) is 11.2 Å². The van der Waals surface area contributed by atoms with Crippen molar-refractivity contribution in [2.75, 3.05) is 13.2 Å². The predicted octanol–water partition coefficient (Wildman–Crippen LogP) is 1.40. The predicted molar refractivity (Wildman–Crippen MR) is 80.6 cm³/mol. The summed E-state index contributed by atoms with van der Waals surface area (Å²) in [7, 11) is 0. The van der Waals surface area contributed by atoms with Crippen molar-refractivity contribution < 1.29 is 14.3 Å². The van der Waals surface area contributed by atoms with E-state index in [0.29, 0.717) is 12.4 Å². The van der Waals surface area contributed by atoms with Crippen molar-refractivity contribution in [2.24, 2.45) is 0 Å². The van der Waals surface area contributed by atoms with Crippen molar-refractivity contribution >= 4 is 11.8 Å². The van der Waals surface area contributed by atoms with E-state index in [1.165, 1.54) is 6.92 Å². The number of rotatable bonds is 7. The van der Waals surface area contributed by atoms with Gasteiger partial charge in [0.05, 0.1) is 25.6 Å². The number of ether oxygens (including phenoxy) is 1. The fraction of sp³-hybridized carbons (Fsp3) is 0.375. The maximum Gasteiger partial charge on any atom is 0.223 e. The van der Waals surface area contributed by atoms with Gasteiger partial charge in [0, 0.05) is 12.5 Å². The van der Waals surface area contributed by atoms with Crippen molar-refractivity contribution in [1.82, 2.24) is 10.6 Å². The van der Waals surface area contributed by atoms with Crippen LogP contribution in [-0.2, 0) is 9.59 Å². The highest BCUT2D eigenvalue weighted by Gasteiger charge is 2.20. The van der Waals surface area contributed by atoms with Crippen molar-refractivity contribution in [2.45, 2.75) is 26.3 Å². The Bertz CT molecular complexity index is 535. The van der Waals surface area contributed by atoms with E-state index in [1.807, 2.05) is 31.2 Å². The quantitative estimate of drug-likeness (QED) is 0.745. The van der Waals surface area contributed by atoms with Gasteiger partial charge in [0.15, 0.2) is 0 Å². The average molecular weight is 288 g/mol. The topological polar surface area (TPSA) is 67.4 Å². The molecule has 0 heterocycles. The number of carbonyl (C=O) groups is 2. The number of nitrogens with one attached hydrogen (secondary N) is 2. The highest BCUT2D eigenvalue weighted by molar-refractivity contribution is 5.79. The van der Waals surface area contributed by atoms with Crippen molar-refractivity contribution in [1.29, 1.82) is 0 Å². The van der Waals surface area contributed by atoms with Crippen LogP contribution in [0.2, 0.25) is 0 Å². The largest absolute Gasteiger partial charge is 0.494 e. The first-order valence-electron chi connectivity index (χ1n) is 6.77. The molecule has 0 saturated carbocycles. The van der Waals surface area contributed by atoms with Crippen LogP contribution in [0, 0.1) is 12.3 Å². The van der Waals surface area contributed by atoms with Crippen molar-refractivity contribution in [3.05, 3.63) is 29.8 Å². The van der Waals surface area contributed by atoms with Gasteiger partial charge in [-0.05, 0) is 13.0 Å². The summed E-state index contributed by atoms with van der Waals surface area (Å²) in [6.45, 7) is 3.96. The zero-order valence-corrected chi connectivity index (χ0v) is 12.3. The van der Waals surface area contributed by atoms with Crippen LogP contribution in [0.4, 0.5) is 0 Å². The molecule has 0 bridgehead atoms. The number of carbonyl (C=O) groups excluding carboxylic acids is 2. The second kappa shape index (κ2) is 8.64. The Balaban J connectivity index is 2.94. The maximum atomic E-state index is 11.8. The molecule has 21 heavy (non-hydrogen) atoms. The third-order valence-electron chi connectivity index (χ3n) is 2.75. The molecular formula is C16H20N2O3. The standard InChI is InChI=1S/C16H20N2O3/c1-4-10-17-16(20)11-14(18-12(3)19)13-8-6-7-9-15(13)21-5-2/h1,6-9,14H,5,10-11H2,2-3H3,(H,17,20)(H,18,19)/t14-/m1/s1. The minimum atomic E-state index is -0.456. The third-order valence-corrected chi connectivity index (χ3v) is 2.75. The summed E-state index contributed by atoms with van der Waals surface area (Å²) in [6, 6.07) is 6.87. The van der Waals surface area contributed by atoms with E-state index >= 15 is 0 Å². The number of hydrogen-bond donors (Lipinski definition) is 2. The molecule has 0 aliphatic rings. The second-order valence-electron chi connectivity index (χ2n) is 4.41. The summed E-state index contributed by atoms with van der Waals surface area (Å²) >= 11 is 0. The lowest BCUT2D eigenvalue weighted by atomic mass is 10.0. The molecule has 1 aromatic carbocycles. The van der Waals surface area contributed by atoms with Crippen LogP contribution in [0.15, 0.2) is 24.3 Å². The van der Waals surface area contributed by atoms with Crippen LogP contribution in [0.5, 0.6) is 5.75 Å². The van der Waals surface area contributed by atoms with Gasteiger partial charge >= 0.3 is 0 Å². The smallest absolute Gasteiger partial charge is 0.223 e. The Morgan fingerprint density at radius 2 is 2.10 bits per heavy atom. The lowest BCUT2D eigenvalue weighted by molar-refractivity contribution is -0.122. The molecule has 2 N–H and O–H groups in total. The molecule has 112 valence electrons. The molecular weight excluding hydrogens is 268 g/mol. The molecule has 1 atom stereocenters. The fourth-order valence-electron chi connectivity index (χ4n) is 1.95. The summed E-state index contributed by atoms with van der Waals surface area (Å²) < 4.78 is 5.55. The Morgan fingerprint density at radius 1 is 1.38 bits per heavy atom. The van der Waals surface area contributed by atoms with E-state index < -0.39 is 6.04 Å². The molecule has 0 saturated heterocycles. The SMILES string of the molecule is C#CCNC(=O)C[C@@H](NC(C)=O)c1ccccc1OCC. The molecule has 2 amide bonds. The minimum Gasteiger partial charge on any atom is -0.494 e. The summed E-state index contributed by atoms with van der Waals surface area (Å²) in [5.74, 6) is 2.56. The van der Waals surface area contributed by atoms with E-state index in [-0.39, 0.29) is 24.8 Å². The van der Waals surface area contributed by atoms with Gasteiger partial charge in [-0.1, -0.05) is 24.1 Å². The van der Waals surface area contributed by atoms with Crippen LogP contribution in [0.1, 0.15) is 31.9 Å². The second-order valence-corrected chi connectivity index (χ2v) is 4.41. The first-order valence-corrected chi connectivity index (χ1v) is 6.77. The van der Waals surface area contributed by atoms with Crippen LogP contribution < -0.4 is 15.4 Å². The van der Waals surface area contributed by atoms with Gasteiger partial charge in [-0.15, -0.1) is 6.42 Å². The molecule has 1 aromatic rings. The molecule has 0 aromatic heterocycles. The first kappa shape index (κ1) is 16.6. The van der Waals surface area contributed by atoms with Crippen LogP contribution in [-0.4, -0.2) is 25.0 Å². The van der Waals surface area contributed by atoms with Crippen LogP contribution in [0.3, 0.4) is 0 Å². The molecule has 5 heteroatoms. The Kier molecular flexibility index (Phi) is 6.82. The summed E-state index contributed by atoms with van der Waals surface area (Å²) in [5, 5.41) is 5.36. The van der Waals surface area contributed by atoms with Crippen LogP contribution >= 0.6 is 0 Å². The molecule has 0 aliphatic carbocycles. The third kappa shape index (κ3) is 5.57. The fourth-order valence-corrected chi connectivity index (χ4v) is 1.95. The zero-order valence-electron chi connectivity index (χ0n) is 12.3. The Hall–Kier alpha value is -2.48. The number of terminal acetylenes is 1. The molecule has 0 radical (unpaired) electrons. The molecule has 0 spiro atoms. The summed E-state index contributed by atoms with van der Waals surface area (Å²) in [5.41, 5.74) is 0.769. The number of amides is 2. The van der Waals surface area contributed by atoms with Gasteiger partial charge < -0.3 is 15.4 Å². The summed E-state index contributed by atoms with van der Waals surface area (Å²) in [6.07, 6.45) is 5.21. The number of hydrogen-bond acceptors (Lipinski definition) is 3. The van der Waals surface area contributed by atoms with E-state index in [0.717, 1.165) is 5.56 Å². The summed E-state index contributed by atoms with van der Waals surface area (Å²) in [4.78, 5) is 23.2. The molecule has 5 nitrogen and oxygen atoms in total. The van der Waals surface area contributed by atoms with E-state index in [1.54, 1.807) is 0 Å². The zero-order chi connectivity index (χ0) is 15.7. The van der Waals surface area contributed by atoms with Gasteiger partial charge in [0.25, 0.3) is 0 Å². The van der Waals surface area contributed by atoms with Crippen molar-refractivity contribution in [3.8, 4) is 18.1 Å². The lowest BCUT2D eigenvalue weighted by Gasteiger charge is -2.20. The number of para-hydroxylation sites is 1. The Morgan fingerprint density at radius 3 is 2.71 bits per heavy atom. The van der Waals surface area contributed by atoms with Crippen molar-refractivity contribution in [3.63, 3.8) is 0 Å². The molecule has 0 unspecified atom stereocenters. The molecule has 0 aliphatic heterocycles. The first-order chi connectivity index (χ1) is 10.1. The highest BCUT2D eigenvalue weighted by Crippen LogP contribution is 2.27. The Labute approximate surface area is 125 Å². The van der Waals surface area contributed by atoms with Gasteiger partial charge in [-0.3, -0.25) is 9.59 Å². The minimum absolute atomic E-state index is 0.103. The normalized spacial score (nSPS) is 11.1. The monoisotopic (exact) mass is 288 g/mol. The van der Waals surface area contributed by atoms with E-state index in [9.17, 15) is 9.59 Å². The molecule has 0 fully saturated rings. The maximum absolute atomic E-state index is 11.8. The van der Waals surface area contributed by atoms with Crippen LogP contribution in [0.25, 0.3) is 0 Å². The van der Waals surface area contributed by atoms with E-state index in [2.05, 4.69) is 16.6 Å². The van der Waals surface area contributed by atoms with Gasteiger partial charge in [0.1, 0.15) is 5.75 Å². The number of benzene rings is 1. The van der Waals surface area contributed by atoms with Gasteiger partial charge in [-0.25, -0.2) is 0 Å².